The van der Waals surface area contributed by atoms with Gasteiger partial charge in [-0.05, 0) is 42.8 Å². The third kappa shape index (κ3) is 4.54. The van der Waals surface area contributed by atoms with E-state index in [2.05, 4.69) is 5.32 Å². The highest BCUT2D eigenvalue weighted by atomic mass is 32.2. The Balaban J connectivity index is 2.36. The van der Waals surface area contributed by atoms with Crippen LogP contribution >= 0.6 is 0 Å². The molecule has 0 radical (unpaired) electrons. The Labute approximate surface area is 149 Å². The number of benzene rings is 2. The Kier molecular flexibility index (Phi) is 5.91. The summed E-state index contributed by atoms with van der Waals surface area (Å²) in [6, 6.07) is 6.27. The van der Waals surface area contributed by atoms with E-state index in [4.69, 9.17) is 0 Å². The van der Waals surface area contributed by atoms with Gasteiger partial charge in [0.2, 0.25) is 15.9 Å². The zero-order valence-corrected chi connectivity index (χ0v) is 14.9. The van der Waals surface area contributed by atoms with Crippen LogP contribution < -0.4 is 9.62 Å². The molecule has 2 aromatic rings. The first-order chi connectivity index (χ1) is 12.1. The van der Waals surface area contributed by atoms with Crippen molar-refractivity contribution in [2.45, 2.75) is 19.4 Å². The molecule has 0 aliphatic heterocycles. The standard InChI is InChI=1S/C17H17F3N2O3S/c1-3-16(17(23)21-12-6-9-14(19)15(20)10-12)22(26(2,24)25)13-7-4-11(18)5-8-13/h4-10,16H,3H2,1-2H3,(H,21,23)/t16-/m1/s1. The van der Waals surface area contributed by atoms with Crippen LogP contribution in [0.15, 0.2) is 42.5 Å². The number of carbonyl (C=O) groups excluding carboxylic acids is 1. The molecule has 140 valence electrons. The van der Waals surface area contributed by atoms with Gasteiger partial charge in [-0.15, -0.1) is 0 Å². The van der Waals surface area contributed by atoms with Crippen molar-refractivity contribution in [3.8, 4) is 0 Å². The van der Waals surface area contributed by atoms with Crippen LogP contribution in [0, 0.1) is 17.5 Å². The second kappa shape index (κ2) is 7.77. The molecule has 0 saturated heterocycles. The molecule has 0 fully saturated rings. The topological polar surface area (TPSA) is 66.5 Å². The molecule has 9 heteroatoms. The van der Waals surface area contributed by atoms with Crippen LogP contribution in [0.3, 0.4) is 0 Å². The second-order valence-corrected chi connectivity index (χ2v) is 7.44. The molecular formula is C17H17F3N2O3S. The van der Waals surface area contributed by atoms with Gasteiger partial charge in [0.1, 0.15) is 11.9 Å². The minimum absolute atomic E-state index is 0.0140. The van der Waals surface area contributed by atoms with Crippen molar-refractivity contribution < 1.29 is 26.4 Å². The van der Waals surface area contributed by atoms with E-state index in [0.29, 0.717) is 0 Å². The van der Waals surface area contributed by atoms with E-state index in [1.54, 1.807) is 6.92 Å². The largest absolute Gasteiger partial charge is 0.324 e. The number of hydrogen-bond donors (Lipinski definition) is 1. The molecule has 0 spiro atoms. The van der Waals surface area contributed by atoms with E-state index in [1.165, 1.54) is 12.1 Å². The fraction of sp³-hybridized carbons (Fsp3) is 0.235. The Morgan fingerprint density at radius 1 is 1.08 bits per heavy atom. The van der Waals surface area contributed by atoms with Crippen LogP contribution in [0.2, 0.25) is 0 Å². The van der Waals surface area contributed by atoms with Crippen molar-refractivity contribution in [3.05, 3.63) is 59.9 Å². The quantitative estimate of drug-likeness (QED) is 0.829. The Bertz CT molecular complexity index is 902. The van der Waals surface area contributed by atoms with Gasteiger partial charge in [0.15, 0.2) is 11.6 Å². The fourth-order valence-electron chi connectivity index (χ4n) is 2.45. The smallest absolute Gasteiger partial charge is 0.248 e. The van der Waals surface area contributed by atoms with Gasteiger partial charge in [-0.1, -0.05) is 6.92 Å². The number of nitrogens with one attached hydrogen (secondary N) is 1. The monoisotopic (exact) mass is 386 g/mol. The number of carbonyl (C=O) groups is 1. The maximum Gasteiger partial charge on any atom is 0.248 e. The molecule has 0 bridgehead atoms. The van der Waals surface area contributed by atoms with Gasteiger partial charge >= 0.3 is 0 Å². The first kappa shape index (κ1) is 19.8. The Hall–Kier alpha value is -2.55. The first-order valence-corrected chi connectivity index (χ1v) is 9.49. The SMILES string of the molecule is CC[C@H](C(=O)Nc1ccc(F)c(F)c1)N(c1ccc(F)cc1)S(C)(=O)=O. The molecule has 1 atom stereocenters. The highest BCUT2D eigenvalue weighted by Crippen LogP contribution is 2.24. The zero-order chi connectivity index (χ0) is 19.5. The molecule has 1 amide bonds. The summed E-state index contributed by atoms with van der Waals surface area (Å²) in [7, 11) is -3.88. The third-order valence-electron chi connectivity index (χ3n) is 3.60. The van der Waals surface area contributed by atoms with Gasteiger partial charge < -0.3 is 5.32 Å². The number of halogens is 3. The van der Waals surface area contributed by atoms with E-state index < -0.39 is 39.4 Å². The molecular weight excluding hydrogens is 369 g/mol. The van der Waals surface area contributed by atoms with E-state index >= 15 is 0 Å². The van der Waals surface area contributed by atoms with Crippen LogP contribution in [0.5, 0.6) is 0 Å². The van der Waals surface area contributed by atoms with E-state index in [9.17, 15) is 26.4 Å². The summed E-state index contributed by atoms with van der Waals surface area (Å²) in [5, 5.41) is 2.37. The fourth-order valence-corrected chi connectivity index (χ4v) is 3.66. The summed E-state index contributed by atoms with van der Waals surface area (Å²) >= 11 is 0. The molecule has 2 aromatic carbocycles. The van der Waals surface area contributed by atoms with E-state index in [1.807, 2.05) is 0 Å². The number of rotatable bonds is 6. The van der Waals surface area contributed by atoms with Crippen LogP contribution in [0.1, 0.15) is 13.3 Å². The number of hydrogen-bond acceptors (Lipinski definition) is 3. The molecule has 0 heterocycles. The van der Waals surface area contributed by atoms with Crippen molar-refractivity contribution >= 4 is 27.3 Å². The van der Waals surface area contributed by atoms with Gasteiger partial charge in [-0.25, -0.2) is 21.6 Å². The molecule has 0 aromatic heterocycles. The lowest BCUT2D eigenvalue weighted by atomic mass is 10.1. The Morgan fingerprint density at radius 3 is 2.19 bits per heavy atom. The zero-order valence-electron chi connectivity index (χ0n) is 14.0. The molecule has 2 rings (SSSR count). The van der Waals surface area contributed by atoms with Crippen molar-refractivity contribution in [3.63, 3.8) is 0 Å². The second-order valence-electron chi connectivity index (χ2n) is 5.58. The minimum Gasteiger partial charge on any atom is -0.324 e. The number of sulfonamides is 1. The molecule has 26 heavy (non-hydrogen) atoms. The van der Waals surface area contributed by atoms with Crippen LogP contribution in [-0.4, -0.2) is 26.6 Å². The summed E-state index contributed by atoms with van der Waals surface area (Å²) < 4.78 is 64.7. The lowest BCUT2D eigenvalue weighted by Crippen LogP contribution is -2.47. The number of amides is 1. The predicted octanol–water partition coefficient (Wildman–Crippen LogP) is 3.29. The summed E-state index contributed by atoms with van der Waals surface area (Å²) in [5.74, 6) is -3.50. The van der Waals surface area contributed by atoms with Crippen LogP contribution in [-0.2, 0) is 14.8 Å². The lowest BCUT2D eigenvalue weighted by molar-refractivity contribution is -0.117. The van der Waals surface area contributed by atoms with Crippen LogP contribution in [0.4, 0.5) is 24.5 Å². The van der Waals surface area contributed by atoms with E-state index in [0.717, 1.165) is 40.9 Å². The average Bonchev–Trinajstić information content (AvgIpc) is 2.56. The maximum atomic E-state index is 13.3. The summed E-state index contributed by atoms with van der Waals surface area (Å²) in [6.45, 7) is 1.59. The summed E-state index contributed by atoms with van der Waals surface area (Å²) in [5.41, 5.74) is 0.0982. The molecule has 0 aliphatic carbocycles. The van der Waals surface area contributed by atoms with Gasteiger partial charge in [0.05, 0.1) is 11.9 Å². The minimum atomic E-state index is -3.88. The van der Waals surface area contributed by atoms with Gasteiger partial charge in [0, 0.05) is 11.8 Å². The molecule has 0 aliphatic rings. The first-order valence-electron chi connectivity index (χ1n) is 7.64. The van der Waals surface area contributed by atoms with Crippen molar-refractivity contribution in [1.29, 1.82) is 0 Å². The van der Waals surface area contributed by atoms with Crippen LogP contribution in [0.25, 0.3) is 0 Å². The van der Waals surface area contributed by atoms with Crippen molar-refractivity contribution in [1.82, 2.24) is 0 Å². The van der Waals surface area contributed by atoms with Gasteiger partial charge in [-0.3, -0.25) is 9.10 Å². The normalized spacial score (nSPS) is 12.5. The van der Waals surface area contributed by atoms with Crippen molar-refractivity contribution in [2.24, 2.45) is 0 Å². The summed E-state index contributed by atoms with van der Waals surface area (Å²) in [6.07, 6.45) is 1.02. The number of anilines is 2. The molecule has 0 saturated carbocycles. The Morgan fingerprint density at radius 2 is 1.69 bits per heavy atom. The highest BCUT2D eigenvalue weighted by molar-refractivity contribution is 7.92. The van der Waals surface area contributed by atoms with Crippen molar-refractivity contribution in [2.75, 3.05) is 15.9 Å². The average molecular weight is 386 g/mol. The number of nitrogens with zero attached hydrogens (tertiary/aromatic N) is 1. The molecule has 1 N–H and O–H groups in total. The lowest BCUT2D eigenvalue weighted by Gasteiger charge is -2.30. The molecule has 5 nitrogen and oxygen atoms in total. The summed E-state index contributed by atoms with van der Waals surface area (Å²) in [4.78, 5) is 12.6. The third-order valence-corrected chi connectivity index (χ3v) is 4.78. The molecule has 0 unspecified atom stereocenters. The predicted molar refractivity (Wildman–Crippen MR) is 92.8 cm³/mol. The maximum absolute atomic E-state index is 13.3. The van der Waals surface area contributed by atoms with E-state index in [-0.39, 0.29) is 17.8 Å². The van der Waals surface area contributed by atoms with Gasteiger partial charge in [-0.2, -0.15) is 0 Å². The highest BCUT2D eigenvalue weighted by Gasteiger charge is 2.31. The van der Waals surface area contributed by atoms with Gasteiger partial charge in [0.25, 0.3) is 0 Å².